The Morgan fingerprint density at radius 1 is 0.260 bits per heavy atom. The molecule has 1 aliphatic heterocycles. The molecule has 15 rings (SSSR count). The summed E-state index contributed by atoms with van der Waals surface area (Å²) < 4.78 is 0. The number of fused-ring (bicyclic) bond motifs is 16. The molecular weight excluding hydrogens is 901 g/mol. The molecule has 340 valence electrons. The van der Waals surface area contributed by atoms with Gasteiger partial charge in [0.2, 0.25) is 0 Å². The van der Waals surface area contributed by atoms with Gasteiger partial charge in [0, 0.05) is 26.5 Å². The molecule has 11 aromatic carbocycles. The highest BCUT2D eigenvalue weighted by Gasteiger charge is 2.58. The molecular formula is C70H44N2S. The van der Waals surface area contributed by atoms with Crippen LogP contribution < -0.4 is 0 Å². The van der Waals surface area contributed by atoms with Gasteiger partial charge in [-0.3, -0.25) is 0 Å². The largest absolute Gasteiger partial charge is 0.228 e. The maximum atomic E-state index is 5.59. The molecule has 12 aromatic rings. The van der Waals surface area contributed by atoms with Crippen molar-refractivity contribution in [2.24, 2.45) is 0 Å². The van der Waals surface area contributed by atoms with Crippen LogP contribution >= 0.6 is 11.8 Å². The smallest absolute Gasteiger partial charge is 0.161 e. The van der Waals surface area contributed by atoms with E-state index in [4.69, 9.17) is 9.97 Å². The van der Waals surface area contributed by atoms with Gasteiger partial charge in [-0.1, -0.05) is 260 Å². The van der Waals surface area contributed by atoms with E-state index in [1.54, 1.807) is 0 Å². The lowest BCUT2D eigenvalue weighted by molar-refractivity contribution is 0.605. The van der Waals surface area contributed by atoms with E-state index < -0.39 is 10.8 Å². The first-order valence-electron chi connectivity index (χ1n) is 25.1. The molecule has 1 aromatic heterocycles. The Labute approximate surface area is 429 Å². The topological polar surface area (TPSA) is 25.8 Å². The lowest BCUT2D eigenvalue weighted by Crippen LogP contribution is -2.45. The van der Waals surface area contributed by atoms with Crippen LogP contribution in [0.4, 0.5) is 0 Å². The molecule has 0 fully saturated rings. The molecule has 0 saturated carbocycles. The van der Waals surface area contributed by atoms with E-state index in [1.165, 1.54) is 81.9 Å². The van der Waals surface area contributed by atoms with Crippen molar-refractivity contribution in [1.82, 2.24) is 9.97 Å². The van der Waals surface area contributed by atoms with Gasteiger partial charge in [-0.15, -0.1) is 0 Å². The van der Waals surface area contributed by atoms with Gasteiger partial charge in [0.25, 0.3) is 0 Å². The number of rotatable bonds is 5. The monoisotopic (exact) mass is 944 g/mol. The van der Waals surface area contributed by atoms with Crippen LogP contribution in [-0.4, -0.2) is 9.97 Å². The molecule has 0 saturated heterocycles. The predicted molar refractivity (Wildman–Crippen MR) is 300 cm³/mol. The van der Waals surface area contributed by atoms with Crippen LogP contribution in [0.2, 0.25) is 0 Å². The van der Waals surface area contributed by atoms with E-state index >= 15 is 0 Å². The molecule has 3 heteroatoms. The van der Waals surface area contributed by atoms with Crippen molar-refractivity contribution in [2.75, 3.05) is 0 Å². The first kappa shape index (κ1) is 41.9. The van der Waals surface area contributed by atoms with Gasteiger partial charge in [0.05, 0.1) is 22.2 Å². The predicted octanol–water partition coefficient (Wildman–Crippen LogP) is 17.5. The van der Waals surface area contributed by atoms with E-state index in [1.807, 2.05) is 11.8 Å². The highest BCUT2D eigenvalue weighted by molar-refractivity contribution is 7.99. The SMILES string of the molecule is c1ccc(-c2cc(-c3ccc(-c4ccccc4)c4ccccc34)nc(-c3ccccc3-c3cccc4c3-c3ccccc3C43c4ccccc4C4(c5ccccc5Sc5ccccc54)c4ccccc43)n2)cc1. The molecule has 2 aliphatic carbocycles. The summed E-state index contributed by atoms with van der Waals surface area (Å²) in [6.07, 6.45) is 0. The summed E-state index contributed by atoms with van der Waals surface area (Å²) in [6, 6.07) is 98.4. The Morgan fingerprint density at radius 3 is 1.32 bits per heavy atom. The average Bonchev–Trinajstić information content (AvgIpc) is 3.77. The van der Waals surface area contributed by atoms with Crippen LogP contribution in [0.3, 0.4) is 0 Å². The maximum absolute atomic E-state index is 5.59. The standard InChI is InChI=1S/C70H44N2S/c1-3-22-45(23-4-1)47-42-43-51(49-27-8-7-26-48(47)49)64-44-63(46-24-5-2-6-25-46)71-68(72-64)53-29-10-9-28-50(53)52-31-21-39-62-67(52)54-30-11-12-32-55(54)69(62)56-33-13-15-35-58(56)70(59-36-16-14-34-57(59)69)60-37-17-19-40-65(60)73-66-41-20-18-38-61(66)70/h1-44H. The second-order valence-corrected chi connectivity index (χ2v) is 20.5. The summed E-state index contributed by atoms with van der Waals surface area (Å²) in [5, 5.41) is 2.34. The second kappa shape index (κ2) is 16.3. The van der Waals surface area contributed by atoms with Crippen molar-refractivity contribution in [2.45, 2.75) is 20.6 Å². The van der Waals surface area contributed by atoms with Crippen molar-refractivity contribution in [3.8, 4) is 67.3 Å². The number of hydrogen-bond donors (Lipinski definition) is 0. The average molecular weight is 945 g/mol. The summed E-state index contributed by atoms with van der Waals surface area (Å²) in [6.45, 7) is 0. The Bertz CT molecular complexity index is 4100. The van der Waals surface area contributed by atoms with E-state index in [-0.39, 0.29) is 0 Å². The van der Waals surface area contributed by atoms with Crippen molar-refractivity contribution in [3.05, 3.63) is 311 Å². The zero-order chi connectivity index (χ0) is 48.1. The summed E-state index contributed by atoms with van der Waals surface area (Å²) >= 11 is 1.89. The van der Waals surface area contributed by atoms with Crippen LogP contribution in [0, 0.1) is 0 Å². The molecule has 2 nitrogen and oxygen atoms in total. The number of nitrogens with zero attached hydrogens (tertiary/aromatic N) is 2. The van der Waals surface area contributed by atoms with E-state index in [0.29, 0.717) is 5.82 Å². The van der Waals surface area contributed by atoms with E-state index in [2.05, 4.69) is 267 Å². The quantitative estimate of drug-likeness (QED) is 0.172. The molecule has 2 spiro atoms. The van der Waals surface area contributed by atoms with Gasteiger partial charge in [-0.05, 0) is 107 Å². The second-order valence-electron chi connectivity index (χ2n) is 19.4. The van der Waals surface area contributed by atoms with Crippen molar-refractivity contribution in [3.63, 3.8) is 0 Å². The van der Waals surface area contributed by atoms with Crippen molar-refractivity contribution < 1.29 is 0 Å². The van der Waals surface area contributed by atoms with Crippen LogP contribution in [-0.2, 0) is 10.8 Å². The fraction of sp³-hybridized carbons (Fsp3) is 0.0286. The number of benzene rings is 11. The Kier molecular flexibility index (Phi) is 9.36. The molecule has 2 heterocycles. The third kappa shape index (κ3) is 5.94. The van der Waals surface area contributed by atoms with Gasteiger partial charge in [0.15, 0.2) is 5.82 Å². The van der Waals surface area contributed by atoms with E-state index in [9.17, 15) is 0 Å². The molecule has 3 aliphatic rings. The molecule has 73 heavy (non-hydrogen) atoms. The van der Waals surface area contributed by atoms with Crippen LogP contribution in [0.25, 0.3) is 78.1 Å². The minimum Gasteiger partial charge on any atom is -0.228 e. The summed E-state index contributed by atoms with van der Waals surface area (Å²) in [5.74, 6) is 0.685. The van der Waals surface area contributed by atoms with Crippen molar-refractivity contribution >= 4 is 22.5 Å². The zero-order valence-electron chi connectivity index (χ0n) is 39.7. The normalized spacial score (nSPS) is 13.9. The highest BCUT2D eigenvalue weighted by Crippen LogP contribution is 2.67. The Hall–Kier alpha value is -8.89. The fourth-order valence-electron chi connectivity index (χ4n) is 13.0. The molecule has 0 bridgehead atoms. The Morgan fingerprint density at radius 2 is 0.685 bits per heavy atom. The number of aromatic nitrogens is 2. The molecule has 0 unspecified atom stereocenters. The van der Waals surface area contributed by atoms with E-state index in [0.717, 1.165) is 44.6 Å². The first-order valence-corrected chi connectivity index (χ1v) is 26.0. The maximum Gasteiger partial charge on any atom is 0.161 e. The van der Waals surface area contributed by atoms with Gasteiger partial charge >= 0.3 is 0 Å². The lowest BCUT2D eigenvalue weighted by Gasteiger charge is -2.51. The molecule has 0 N–H and O–H groups in total. The summed E-state index contributed by atoms with van der Waals surface area (Å²) in [7, 11) is 0. The zero-order valence-corrected chi connectivity index (χ0v) is 40.5. The fourth-order valence-corrected chi connectivity index (χ4v) is 14.2. The van der Waals surface area contributed by atoms with Crippen LogP contribution in [0.5, 0.6) is 0 Å². The minimum atomic E-state index is -0.617. The molecule has 0 atom stereocenters. The lowest BCUT2D eigenvalue weighted by atomic mass is 9.51. The highest BCUT2D eigenvalue weighted by atomic mass is 32.2. The summed E-state index contributed by atoms with van der Waals surface area (Å²) in [4.78, 5) is 13.7. The molecule has 0 amide bonds. The van der Waals surface area contributed by atoms with Gasteiger partial charge in [-0.2, -0.15) is 0 Å². The first-order chi connectivity index (χ1) is 36.2. The van der Waals surface area contributed by atoms with Gasteiger partial charge in [0.1, 0.15) is 0 Å². The molecule has 0 radical (unpaired) electrons. The van der Waals surface area contributed by atoms with Gasteiger partial charge in [-0.25, -0.2) is 9.97 Å². The van der Waals surface area contributed by atoms with Crippen molar-refractivity contribution in [1.29, 1.82) is 0 Å². The van der Waals surface area contributed by atoms with Gasteiger partial charge < -0.3 is 0 Å². The number of hydrogen-bond acceptors (Lipinski definition) is 3. The summed E-state index contributed by atoms with van der Waals surface area (Å²) in [5.41, 5.74) is 21.3. The minimum absolute atomic E-state index is 0.537. The third-order valence-electron chi connectivity index (χ3n) is 15.9. The third-order valence-corrected chi connectivity index (χ3v) is 17.0. The Balaban J connectivity index is 0.977. The van der Waals surface area contributed by atoms with Crippen LogP contribution in [0.1, 0.15) is 44.5 Å². The van der Waals surface area contributed by atoms with Crippen LogP contribution in [0.15, 0.2) is 277 Å².